The molecule has 0 spiro atoms. The minimum atomic E-state index is -0.260. The van der Waals surface area contributed by atoms with E-state index >= 15 is 0 Å². The molecule has 0 atom stereocenters. The number of rotatable bonds is 2. The summed E-state index contributed by atoms with van der Waals surface area (Å²) < 4.78 is 0. The summed E-state index contributed by atoms with van der Waals surface area (Å²) in [5, 5.41) is 5.58. The van der Waals surface area contributed by atoms with Crippen molar-refractivity contribution in [1.82, 2.24) is 4.98 Å². The molecule has 21 heavy (non-hydrogen) atoms. The van der Waals surface area contributed by atoms with Crippen LogP contribution < -0.4 is 15.5 Å². The maximum absolute atomic E-state index is 11.9. The van der Waals surface area contributed by atoms with E-state index in [1.54, 1.807) is 24.5 Å². The molecule has 6 heteroatoms. The molecule has 2 amide bonds. The number of nitrogens with one attached hydrogen (secondary N) is 2. The minimum Gasteiger partial charge on any atom is -0.374 e. The highest BCUT2D eigenvalue weighted by Crippen LogP contribution is 2.29. The van der Waals surface area contributed by atoms with Crippen LogP contribution in [0.2, 0.25) is 0 Å². The lowest BCUT2D eigenvalue weighted by atomic mass is 10.1. The first-order valence-electron chi connectivity index (χ1n) is 6.54. The van der Waals surface area contributed by atoms with Crippen LogP contribution in [0.1, 0.15) is 5.56 Å². The van der Waals surface area contributed by atoms with Gasteiger partial charge < -0.3 is 15.5 Å². The first kappa shape index (κ1) is 15.1. The number of hydrogen-bond donors (Lipinski definition) is 2. The van der Waals surface area contributed by atoms with Gasteiger partial charge in [0.1, 0.15) is 0 Å². The number of carbonyl (C=O) groups excluding carboxylic acids is 1. The number of aromatic nitrogens is 1. The highest BCUT2D eigenvalue weighted by Gasteiger charge is 2.16. The summed E-state index contributed by atoms with van der Waals surface area (Å²) in [7, 11) is 2.08. The van der Waals surface area contributed by atoms with Gasteiger partial charge in [-0.3, -0.25) is 4.98 Å². The Balaban J connectivity index is 0.00000161. The molecule has 1 aliphatic heterocycles. The highest BCUT2D eigenvalue weighted by molar-refractivity contribution is 5.99. The molecule has 0 saturated heterocycles. The summed E-state index contributed by atoms with van der Waals surface area (Å²) in [5.41, 5.74) is 3.99. The van der Waals surface area contributed by atoms with E-state index in [2.05, 4.69) is 27.6 Å². The Bertz CT molecular complexity index is 633. The smallest absolute Gasteiger partial charge is 0.323 e. The molecular weight excluding hydrogens is 288 g/mol. The molecule has 5 nitrogen and oxygen atoms in total. The van der Waals surface area contributed by atoms with Crippen molar-refractivity contribution in [2.75, 3.05) is 29.1 Å². The van der Waals surface area contributed by atoms with E-state index < -0.39 is 0 Å². The molecule has 0 saturated carbocycles. The van der Waals surface area contributed by atoms with Crippen LogP contribution in [-0.4, -0.2) is 24.6 Å². The average molecular weight is 305 g/mol. The Morgan fingerprint density at radius 3 is 2.81 bits per heavy atom. The second kappa shape index (κ2) is 6.45. The maximum Gasteiger partial charge on any atom is 0.323 e. The van der Waals surface area contributed by atoms with Gasteiger partial charge in [-0.2, -0.15) is 0 Å². The number of nitrogens with zero attached hydrogens (tertiary/aromatic N) is 2. The third-order valence-corrected chi connectivity index (χ3v) is 3.38. The summed E-state index contributed by atoms with van der Waals surface area (Å²) in [6.45, 7) is 1.03. The van der Waals surface area contributed by atoms with E-state index in [4.69, 9.17) is 0 Å². The number of pyridine rings is 1. The van der Waals surface area contributed by atoms with Gasteiger partial charge in [-0.15, -0.1) is 12.4 Å². The number of halogens is 1. The second-order valence-electron chi connectivity index (χ2n) is 4.84. The molecule has 2 heterocycles. The predicted octanol–water partition coefficient (Wildman–Crippen LogP) is 3.14. The zero-order chi connectivity index (χ0) is 13.9. The monoisotopic (exact) mass is 304 g/mol. The van der Waals surface area contributed by atoms with E-state index in [0.29, 0.717) is 5.69 Å². The van der Waals surface area contributed by atoms with Crippen LogP contribution in [0.4, 0.5) is 21.9 Å². The van der Waals surface area contributed by atoms with Gasteiger partial charge in [0.05, 0.1) is 11.9 Å². The van der Waals surface area contributed by atoms with Gasteiger partial charge in [0.25, 0.3) is 0 Å². The van der Waals surface area contributed by atoms with Crippen molar-refractivity contribution in [3.63, 3.8) is 0 Å². The molecule has 0 aliphatic carbocycles. The van der Waals surface area contributed by atoms with Crippen LogP contribution in [0.3, 0.4) is 0 Å². The Hall–Kier alpha value is -2.27. The van der Waals surface area contributed by atoms with Gasteiger partial charge in [-0.1, -0.05) is 0 Å². The number of anilines is 3. The number of benzene rings is 1. The number of urea groups is 1. The van der Waals surface area contributed by atoms with E-state index in [-0.39, 0.29) is 18.4 Å². The highest BCUT2D eigenvalue weighted by atomic mass is 35.5. The lowest BCUT2D eigenvalue weighted by Crippen LogP contribution is -2.19. The van der Waals surface area contributed by atoms with Gasteiger partial charge in [-0.25, -0.2) is 4.79 Å². The summed E-state index contributed by atoms with van der Waals surface area (Å²) >= 11 is 0. The molecular formula is C15H17ClN4O. The molecule has 1 aliphatic rings. The molecule has 0 bridgehead atoms. The van der Waals surface area contributed by atoms with E-state index in [1.165, 1.54) is 11.3 Å². The Morgan fingerprint density at radius 2 is 2.05 bits per heavy atom. The lowest BCUT2D eigenvalue weighted by Gasteiger charge is -2.12. The van der Waals surface area contributed by atoms with Crippen molar-refractivity contribution in [2.45, 2.75) is 6.42 Å². The fraction of sp³-hybridized carbons (Fsp3) is 0.200. The molecule has 1 aromatic carbocycles. The molecule has 1 aromatic heterocycles. The SMILES string of the molecule is CN1CCc2cc(NC(=O)Nc3cccnc3)ccc21.Cl. The molecule has 2 N–H and O–H groups in total. The van der Waals surface area contributed by atoms with Crippen LogP contribution in [0.15, 0.2) is 42.7 Å². The van der Waals surface area contributed by atoms with Gasteiger partial charge in [0.15, 0.2) is 0 Å². The van der Waals surface area contributed by atoms with Crippen molar-refractivity contribution >= 4 is 35.5 Å². The second-order valence-corrected chi connectivity index (χ2v) is 4.84. The zero-order valence-corrected chi connectivity index (χ0v) is 12.5. The Labute approximate surface area is 129 Å². The number of carbonyl (C=O) groups is 1. The first-order valence-corrected chi connectivity index (χ1v) is 6.54. The first-order chi connectivity index (χ1) is 9.72. The van der Waals surface area contributed by atoms with Crippen molar-refractivity contribution in [2.24, 2.45) is 0 Å². The van der Waals surface area contributed by atoms with Crippen molar-refractivity contribution < 1.29 is 4.79 Å². The van der Waals surface area contributed by atoms with Crippen LogP contribution in [0.5, 0.6) is 0 Å². The lowest BCUT2D eigenvalue weighted by molar-refractivity contribution is 0.262. The quantitative estimate of drug-likeness (QED) is 0.896. The van der Waals surface area contributed by atoms with Gasteiger partial charge in [-0.05, 0) is 42.3 Å². The summed E-state index contributed by atoms with van der Waals surface area (Å²) in [6, 6.07) is 9.31. The van der Waals surface area contributed by atoms with E-state index in [9.17, 15) is 4.79 Å². The topological polar surface area (TPSA) is 57.3 Å². The standard InChI is InChI=1S/C15H16N4O.ClH/c1-19-8-6-11-9-12(4-5-14(11)19)17-15(20)18-13-3-2-7-16-10-13;/h2-5,7,9-10H,6,8H2,1H3,(H2,17,18,20);1H. The van der Waals surface area contributed by atoms with Crippen molar-refractivity contribution in [3.05, 3.63) is 48.3 Å². The minimum absolute atomic E-state index is 0. The third kappa shape index (κ3) is 3.44. The Morgan fingerprint density at radius 1 is 1.24 bits per heavy atom. The van der Waals surface area contributed by atoms with Crippen LogP contribution in [0, 0.1) is 0 Å². The molecule has 0 radical (unpaired) electrons. The van der Waals surface area contributed by atoms with Crippen LogP contribution in [-0.2, 0) is 6.42 Å². The number of fused-ring (bicyclic) bond motifs is 1. The van der Waals surface area contributed by atoms with Crippen LogP contribution in [0.25, 0.3) is 0 Å². The van der Waals surface area contributed by atoms with Gasteiger partial charge >= 0.3 is 6.03 Å². The summed E-state index contributed by atoms with van der Waals surface area (Å²) in [5.74, 6) is 0. The van der Waals surface area contributed by atoms with E-state index in [0.717, 1.165) is 18.7 Å². The van der Waals surface area contributed by atoms with Crippen LogP contribution >= 0.6 is 12.4 Å². The summed E-state index contributed by atoms with van der Waals surface area (Å²) in [4.78, 5) is 18.1. The normalized spacial score (nSPS) is 12.3. The van der Waals surface area contributed by atoms with Crippen molar-refractivity contribution in [3.8, 4) is 0 Å². The number of likely N-dealkylation sites (N-methyl/N-ethyl adjacent to an activating group) is 1. The molecule has 2 aromatic rings. The fourth-order valence-corrected chi connectivity index (χ4v) is 2.37. The predicted molar refractivity (Wildman–Crippen MR) is 87.5 cm³/mol. The van der Waals surface area contributed by atoms with E-state index in [1.807, 2.05) is 18.2 Å². The number of hydrogen-bond acceptors (Lipinski definition) is 3. The zero-order valence-electron chi connectivity index (χ0n) is 11.7. The Kier molecular flexibility index (Phi) is 4.65. The molecule has 0 fully saturated rings. The van der Waals surface area contributed by atoms with Gasteiger partial charge in [0.2, 0.25) is 0 Å². The van der Waals surface area contributed by atoms with Gasteiger partial charge in [0, 0.05) is 31.2 Å². The third-order valence-electron chi connectivity index (χ3n) is 3.38. The molecule has 110 valence electrons. The average Bonchev–Trinajstić information content (AvgIpc) is 2.81. The van der Waals surface area contributed by atoms with Crippen molar-refractivity contribution in [1.29, 1.82) is 0 Å². The number of amides is 2. The summed E-state index contributed by atoms with van der Waals surface area (Å²) in [6.07, 6.45) is 4.29. The largest absolute Gasteiger partial charge is 0.374 e. The molecule has 0 unspecified atom stereocenters. The molecule has 3 rings (SSSR count). The maximum atomic E-state index is 11.9. The fourth-order valence-electron chi connectivity index (χ4n) is 2.37.